The molecule has 0 aromatic carbocycles. The maximum atomic E-state index is 6.04. The summed E-state index contributed by atoms with van der Waals surface area (Å²) in [5.74, 6) is 0.836. The van der Waals surface area contributed by atoms with E-state index in [1.165, 1.54) is 70.6 Å². The molecule has 2 nitrogen and oxygen atoms in total. The first-order chi connectivity index (χ1) is 10.3. The number of hydrogen-bond acceptors (Lipinski definition) is 2. The Labute approximate surface area is 133 Å². The number of hydrogen-bond donors (Lipinski definition) is 1. The maximum Gasteiger partial charge on any atom is 0.0755 e. The fraction of sp³-hybridized carbons (Fsp3) is 1.00. The molecule has 0 heterocycles. The van der Waals surface area contributed by atoms with Gasteiger partial charge in [0.05, 0.1) is 6.10 Å². The molecular formula is C19H39NO. The molecule has 126 valence electrons. The summed E-state index contributed by atoms with van der Waals surface area (Å²) >= 11 is 0. The van der Waals surface area contributed by atoms with Crippen molar-refractivity contribution in [1.82, 2.24) is 5.32 Å². The Bertz CT molecular complexity index is 228. The average Bonchev–Trinajstić information content (AvgIpc) is 3.31. The summed E-state index contributed by atoms with van der Waals surface area (Å²) < 4.78 is 6.04. The SMILES string of the molecule is CCCCCCCCCCC(NCC)C(OCC)C1CC1. The Morgan fingerprint density at radius 2 is 1.52 bits per heavy atom. The average molecular weight is 298 g/mol. The van der Waals surface area contributed by atoms with Crippen LogP contribution in [-0.2, 0) is 4.74 Å². The smallest absolute Gasteiger partial charge is 0.0755 e. The minimum Gasteiger partial charge on any atom is -0.377 e. The highest BCUT2D eigenvalue weighted by Crippen LogP contribution is 2.36. The summed E-state index contributed by atoms with van der Waals surface area (Å²) in [7, 11) is 0. The largest absolute Gasteiger partial charge is 0.377 e. The van der Waals surface area contributed by atoms with E-state index >= 15 is 0 Å². The zero-order chi connectivity index (χ0) is 15.3. The zero-order valence-electron chi connectivity index (χ0n) is 14.8. The van der Waals surface area contributed by atoms with Crippen LogP contribution in [-0.4, -0.2) is 25.3 Å². The van der Waals surface area contributed by atoms with Crippen molar-refractivity contribution < 1.29 is 4.74 Å². The van der Waals surface area contributed by atoms with E-state index in [1.807, 2.05) is 0 Å². The van der Waals surface area contributed by atoms with Crippen LogP contribution in [0.1, 0.15) is 91.4 Å². The summed E-state index contributed by atoms with van der Waals surface area (Å²) in [5, 5.41) is 3.68. The van der Waals surface area contributed by atoms with Gasteiger partial charge in [-0.2, -0.15) is 0 Å². The van der Waals surface area contributed by atoms with E-state index in [1.54, 1.807) is 0 Å². The molecule has 1 fully saturated rings. The fourth-order valence-corrected chi connectivity index (χ4v) is 3.34. The van der Waals surface area contributed by atoms with Gasteiger partial charge in [0.1, 0.15) is 0 Å². The van der Waals surface area contributed by atoms with Gasteiger partial charge in [-0.1, -0.05) is 65.2 Å². The molecule has 0 aromatic rings. The molecule has 0 radical (unpaired) electrons. The lowest BCUT2D eigenvalue weighted by Gasteiger charge is -2.28. The van der Waals surface area contributed by atoms with Gasteiger partial charge in [-0.3, -0.25) is 0 Å². The van der Waals surface area contributed by atoms with E-state index < -0.39 is 0 Å². The Hall–Kier alpha value is -0.0800. The minimum atomic E-state index is 0.472. The Balaban J connectivity index is 2.12. The van der Waals surface area contributed by atoms with Crippen LogP contribution in [0.25, 0.3) is 0 Å². The van der Waals surface area contributed by atoms with E-state index in [0.29, 0.717) is 12.1 Å². The Morgan fingerprint density at radius 3 is 2.05 bits per heavy atom. The lowest BCUT2D eigenvalue weighted by atomic mass is 9.98. The van der Waals surface area contributed by atoms with Gasteiger partial charge in [0.2, 0.25) is 0 Å². The molecule has 1 saturated carbocycles. The number of likely N-dealkylation sites (N-methyl/N-ethyl adjacent to an activating group) is 1. The number of ether oxygens (including phenoxy) is 1. The van der Waals surface area contributed by atoms with Crippen molar-refractivity contribution >= 4 is 0 Å². The van der Waals surface area contributed by atoms with Gasteiger partial charge >= 0.3 is 0 Å². The first-order valence-corrected chi connectivity index (χ1v) is 9.68. The third-order valence-corrected chi connectivity index (χ3v) is 4.68. The second-order valence-corrected chi connectivity index (χ2v) is 6.69. The number of unbranched alkanes of at least 4 members (excludes halogenated alkanes) is 7. The lowest BCUT2D eigenvalue weighted by molar-refractivity contribution is 0.0167. The van der Waals surface area contributed by atoms with Crippen LogP contribution in [0.5, 0.6) is 0 Å². The first-order valence-electron chi connectivity index (χ1n) is 9.68. The molecule has 0 spiro atoms. The lowest BCUT2D eigenvalue weighted by Crippen LogP contribution is -2.42. The summed E-state index contributed by atoms with van der Waals surface area (Å²) in [6, 6.07) is 0.586. The molecular weight excluding hydrogens is 258 g/mol. The monoisotopic (exact) mass is 297 g/mol. The van der Waals surface area contributed by atoms with Crippen molar-refractivity contribution in [2.24, 2.45) is 5.92 Å². The first kappa shape index (κ1) is 19.0. The van der Waals surface area contributed by atoms with Crippen LogP contribution in [0.2, 0.25) is 0 Å². The van der Waals surface area contributed by atoms with Crippen LogP contribution < -0.4 is 5.32 Å². The van der Waals surface area contributed by atoms with Gasteiger partial charge in [-0.05, 0) is 38.6 Å². The van der Waals surface area contributed by atoms with Crippen LogP contribution in [0.15, 0.2) is 0 Å². The van der Waals surface area contributed by atoms with E-state index in [0.717, 1.165) is 19.1 Å². The minimum absolute atomic E-state index is 0.472. The molecule has 0 bridgehead atoms. The highest BCUT2D eigenvalue weighted by molar-refractivity contribution is 4.90. The van der Waals surface area contributed by atoms with Crippen LogP contribution in [0.3, 0.4) is 0 Å². The van der Waals surface area contributed by atoms with Gasteiger partial charge in [-0.15, -0.1) is 0 Å². The zero-order valence-corrected chi connectivity index (χ0v) is 14.8. The van der Waals surface area contributed by atoms with Gasteiger partial charge in [0.15, 0.2) is 0 Å². The van der Waals surface area contributed by atoms with Gasteiger partial charge in [-0.25, -0.2) is 0 Å². The standard InChI is InChI=1S/C19H39NO/c1-4-7-8-9-10-11-12-13-14-18(20-5-2)19(21-6-3)17-15-16-17/h17-20H,4-16H2,1-3H3. The summed E-state index contributed by atoms with van der Waals surface area (Å²) in [6.45, 7) is 8.57. The van der Waals surface area contributed by atoms with Crippen LogP contribution in [0.4, 0.5) is 0 Å². The maximum absolute atomic E-state index is 6.04. The van der Waals surface area contributed by atoms with Crippen molar-refractivity contribution in [2.75, 3.05) is 13.2 Å². The second kappa shape index (κ2) is 12.5. The highest BCUT2D eigenvalue weighted by Gasteiger charge is 2.36. The van der Waals surface area contributed by atoms with Crippen molar-refractivity contribution in [1.29, 1.82) is 0 Å². The summed E-state index contributed by atoms with van der Waals surface area (Å²) in [4.78, 5) is 0. The molecule has 1 aliphatic rings. The molecule has 0 saturated heterocycles. The molecule has 0 amide bonds. The molecule has 0 aliphatic heterocycles. The third kappa shape index (κ3) is 8.83. The van der Waals surface area contributed by atoms with Crippen molar-refractivity contribution in [3.63, 3.8) is 0 Å². The predicted octanol–water partition coefficient (Wildman–Crippen LogP) is 5.31. The molecule has 1 aliphatic carbocycles. The molecule has 21 heavy (non-hydrogen) atoms. The van der Waals surface area contributed by atoms with Gasteiger partial charge in [0, 0.05) is 12.6 Å². The Kier molecular flexibility index (Phi) is 11.3. The van der Waals surface area contributed by atoms with Gasteiger partial charge in [0.25, 0.3) is 0 Å². The van der Waals surface area contributed by atoms with Crippen LogP contribution in [0, 0.1) is 5.92 Å². The van der Waals surface area contributed by atoms with Gasteiger partial charge < -0.3 is 10.1 Å². The summed E-state index contributed by atoms with van der Waals surface area (Å²) in [6.07, 6.45) is 15.8. The predicted molar refractivity (Wildman–Crippen MR) is 92.8 cm³/mol. The fourth-order valence-electron chi connectivity index (χ4n) is 3.34. The highest BCUT2D eigenvalue weighted by atomic mass is 16.5. The normalized spacial score (nSPS) is 17.9. The van der Waals surface area contributed by atoms with Crippen molar-refractivity contribution in [3.05, 3.63) is 0 Å². The molecule has 1 rings (SSSR count). The van der Waals surface area contributed by atoms with E-state index in [9.17, 15) is 0 Å². The summed E-state index contributed by atoms with van der Waals surface area (Å²) in [5.41, 5.74) is 0. The molecule has 2 unspecified atom stereocenters. The topological polar surface area (TPSA) is 21.3 Å². The van der Waals surface area contributed by atoms with Crippen molar-refractivity contribution in [3.8, 4) is 0 Å². The second-order valence-electron chi connectivity index (χ2n) is 6.69. The Morgan fingerprint density at radius 1 is 0.905 bits per heavy atom. The van der Waals surface area contributed by atoms with E-state index in [-0.39, 0.29) is 0 Å². The molecule has 1 N–H and O–H groups in total. The number of rotatable bonds is 15. The van der Waals surface area contributed by atoms with E-state index in [4.69, 9.17) is 4.74 Å². The quantitative estimate of drug-likeness (QED) is 0.414. The molecule has 0 aromatic heterocycles. The molecule has 2 atom stereocenters. The van der Waals surface area contributed by atoms with Crippen LogP contribution >= 0.6 is 0 Å². The number of nitrogens with one attached hydrogen (secondary N) is 1. The van der Waals surface area contributed by atoms with E-state index in [2.05, 4.69) is 26.1 Å². The third-order valence-electron chi connectivity index (χ3n) is 4.68. The van der Waals surface area contributed by atoms with Crippen molar-refractivity contribution in [2.45, 2.75) is 104 Å². The molecule has 2 heteroatoms.